The summed E-state index contributed by atoms with van der Waals surface area (Å²) in [6.45, 7) is 5.15. The number of carboxylic acids is 1. The summed E-state index contributed by atoms with van der Waals surface area (Å²) in [4.78, 5) is 10.4. The van der Waals surface area contributed by atoms with Crippen LogP contribution in [0.5, 0.6) is 0 Å². The highest BCUT2D eigenvalue weighted by molar-refractivity contribution is 7.89. The first-order valence-corrected chi connectivity index (χ1v) is 6.57. The highest BCUT2D eigenvalue weighted by Crippen LogP contribution is 2.13. The fourth-order valence-corrected chi connectivity index (χ4v) is 2.79. The fraction of sp³-hybridized carbons (Fsp3) is 0.889. The van der Waals surface area contributed by atoms with E-state index in [-0.39, 0.29) is 18.6 Å². The van der Waals surface area contributed by atoms with Gasteiger partial charge in [-0.1, -0.05) is 6.92 Å². The van der Waals surface area contributed by atoms with E-state index in [9.17, 15) is 13.2 Å². The molecule has 0 heterocycles. The van der Waals surface area contributed by atoms with Gasteiger partial charge in [0.2, 0.25) is 10.0 Å². The topological polar surface area (TPSA) is 83.5 Å². The molecule has 0 aliphatic carbocycles. The molecule has 0 saturated carbocycles. The van der Waals surface area contributed by atoms with E-state index in [0.29, 0.717) is 6.42 Å². The third-order valence-electron chi connectivity index (χ3n) is 1.87. The third-order valence-corrected chi connectivity index (χ3v) is 3.68. The van der Waals surface area contributed by atoms with Gasteiger partial charge >= 0.3 is 5.97 Å². The molecule has 0 spiro atoms. The molecular formula is C9H19NO4S. The molecule has 2 N–H and O–H groups in total. The van der Waals surface area contributed by atoms with Crippen LogP contribution in [0.3, 0.4) is 0 Å². The standard InChI is InChI=1S/C9H19NO4S/c1-4-7-15(13,14)10-9(2,3)6-5-8(11)12/h10H,4-7H2,1-3H3,(H,11,12). The lowest BCUT2D eigenvalue weighted by atomic mass is 10.0. The van der Waals surface area contributed by atoms with Gasteiger partial charge in [-0.15, -0.1) is 0 Å². The molecule has 6 heteroatoms. The zero-order valence-electron chi connectivity index (χ0n) is 9.41. The van der Waals surface area contributed by atoms with Gasteiger partial charge in [0.1, 0.15) is 0 Å². The number of nitrogens with one attached hydrogen (secondary N) is 1. The molecule has 90 valence electrons. The zero-order valence-corrected chi connectivity index (χ0v) is 10.2. The van der Waals surface area contributed by atoms with Gasteiger partial charge in [0, 0.05) is 12.0 Å². The number of carbonyl (C=O) groups is 1. The summed E-state index contributed by atoms with van der Waals surface area (Å²) in [5.41, 5.74) is -0.702. The Morgan fingerprint density at radius 1 is 1.40 bits per heavy atom. The molecule has 5 nitrogen and oxygen atoms in total. The number of sulfonamides is 1. The molecule has 0 fully saturated rings. The Morgan fingerprint density at radius 3 is 2.33 bits per heavy atom. The lowest BCUT2D eigenvalue weighted by Crippen LogP contribution is -2.44. The predicted molar refractivity (Wildman–Crippen MR) is 58.2 cm³/mol. The zero-order chi connectivity index (χ0) is 12.1. The van der Waals surface area contributed by atoms with Crippen LogP contribution in [0.2, 0.25) is 0 Å². The van der Waals surface area contributed by atoms with Gasteiger partial charge in [-0.05, 0) is 26.7 Å². The molecule has 0 saturated heterocycles. The van der Waals surface area contributed by atoms with E-state index >= 15 is 0 Å². The molecule has 0 aromatic rings. The maximum Gasteiger partial charge on any atom is 0.303 e. The highest BCUT2D eigenvalue weighted by atomic mass is 32.2. The van der Waals surface area contributed by atoms with Gasteiger partial charge in [0.15, 0.2) is 0 Å². The van der Waals surface area contributed by atoms with Gasteiger partial charge < -0.3 is 5.11 Å². The van der Waals surface area contributed by atoms with E-state index in [1.54, 1.807) is 20.8 Å². The van der Waals surface area contributed by atoms with Crippen molar-refractivity contribution in [3.8, 4) is 0 Å². The summed E-state index contributed by atoms with van der Waals surface area (Å²) in [6.07, 6.45) is 0.789. The first-order chi connectivity index (χ1) is 6.68. The van der Waals surface area contributed by atoms with Gasteiger partial charge in [-0.25, -0.2) is 13.1 Å². The molecule has 0 aliphatic heterocycles. The van der Waals surface area contributed by atoms with Crippen molar-refractivity contribution in [1.82, 2.24) is 4.72 Å². The average molecular weight is 237 g/mol. The summed E-state index contributed by atoms with van der Waals surface area (Å²) in [5.74, 6) is -0.846. The van der Waals surface area contributed by atoms with Gasteiger partial charge in [0.25, 0.3) is 0 Å². The number of rotatable bonds is 7. The summed E-state index contributed by atoms with van der Waals surface area (Å²) in [6, 6.07) is 0. The van der Waals surface area contributed by atoms with Crippen molar-refractivity contribution in [2.24, 2.45) is 0 Å². The van der Waals surface area contributed by atoms with Crippen LogP contribution < -0.4 is 4.72 Å². The summed E-state index contributed by atoms with van der Waals surface area (Å²) >= 11 is 0. The number of aliphatic carboxylic acids is 1. The van der Waals surface area contributed by atoms with Crippen molar-refractivity contribution in [1.29, 1.82) is 0 Å². The molecule has 0 amide bonds. The van der Waals surface area contributed by atoms with Crippen molar-refractivity contribution in [2.45, 2.75) is 45.6 Å². The van der Waals surface area contributed by atoms with E-state index in [1.165, 1.54) is 0 Å². The minimum atomic E-state index is -3.28. The summed E-state index contributed by atoms with van der Waals surface area (Å²) in [7, 11) is -3.28. The molecule has 0 atom stereocenters. The molecule has 15 heavy (non-hydrogen) atoms. The SMILES string of the molecule is CCCS(=O)(=O)NC(C)(C)CCC(=O)O. The first-order valence-electron chi connectivity index (χ1n) is 4.92. The monoisotopic (exact) mass is 237 g/mol. The minimum Gasteiger partial charge on any atom is -0.481 e. The summed E-state index contributed by atoms with van der Waals surface area (Å²) < 4.78 is 25.4. The second kappa shape index (κ2) is 5.46. The molecular weight excluding hydrogens is 218 g/mol. The van der Waals surface area contributed by atoms with Crippen molar-refractivity contribution in [3.05, 3.63) is 0 Å². The second-order valence-corrected chi connectivity index (χ2v) is 6.04. The first kappa shape index (κ1) is 14.4. The Kier molecular flexibility index (Phi) is 5.23. The van der Waals surface area contributed by atoms with Crippen LogP contribution in [0.15, 0.2) is 0 Å². The van der Waals surface area contributed by atoms with Crippen LogP contribution in [0.1, 0.15) is 40.0 Å². The lowest BCUT2D eigenvalue weighted by molar-refractivity contribution is -0.137. The molecule has 0 aromatic carbocycles. The molecule has 0 rings (SSSR count). The van der Waals surface area contributed by atoms with Gasteiger partial charge in [-0.3, -0.25) is 4.79 Å². The smallest absolute Gasteiger partial charge is 0.303 e. The fourth-order valence-electron chi connectivity index (χ4n) is 1.21. The maximum absolute atomic E-state index is 11.4. The van der Waals surface area contributed by atoms with Crippen molar-refractivity contribution in [3.63, 3.8) is 0 Å². The van der Waals surface area contributed by atoms with Gasteiger partial charge in [0.05, 0.1) is 5.75 Å². The van der Waals surface area contributed by atoms with Crippen molar-refractivity contribution in [2.75, 3.05) is 5.75 Å². The second-order valence-electron chi connectivity index (χ2n) is 4.20. The van der Waals surface area contributed by atoms with Gasteiger partial charge in [-0.2, -0.15) is 0 Å². The van der Waals surface area contributed by atoms with Crippen molar-refractivity contribution < 1.29 is 18.3 Å². The Morgan fingerprint density at radius 2 is 1.93 bits per heavy atom. The minimum absolute atomic E-state index is 0.0400. The molecule has 0 aromatic heterocycles. The maximum atomic E-state index is 11.4. The Labute approximate surface area is 90.9 Å². The summed E-state index contributed by atoms with van der Waals surface area (Å²) in [5, 5.41) is 8.50. The lowest BCUT2D eigenvalue weighted by Gasteiger charge is -2.25. The molecule has 0 bridgehead atoms. The van der Waals surface area contributed by atoms with Crippen LogP contribution in [0.25, 0.3) is 0 Å². The Bertz CT molecular complexity index is 308. The number of hydrogen-bond acceptors (Lipinski definition) is 3. The Hall–Kier alpha value is -0.620. The van der Waals surface area contributed by atoms with E-state index in [2.05, 4.69) is 4.72 Å². The highest BCUT2D eigenvalue weighted by Gasteiger charge is 2.24. The van der Waals surface area contributed by atoms with E-state index in [1.807, 2.05) is 0 Å². The van der Waals surface area contributed by atoms with Crippen molar-refractivity contribution >= 4 is 16.0 Å². The van der Waals surface area contributed by atoms with E-state index in [0.717, 1.165) is 0 Å². The predicted octanol–water partition coefficient (Wildman–Crippen LogP) is 0.959. The quantitative estimate of drug-likeness (QED) is 0.690. The molecule has 0 radical (unpaired) electrons. The molecule has 0 unspecified atom stereocenters. The number of hydrogen-bond donors (Lipinski definition) is 2. The van der Waals surface area contributed by atoms with Crippen LogP contribution in [-0.2, 0) is 14.8 Å². The van der Waals surface area contributed by atoms with Crippen LogP contribution in [0.4, 0.5) is 0 Å². The van der Waals surface area contributed by atoms with Crippen LogP contribution in [-0.4, -0.2) is 30.8 Å². The normalized spacial score (nSPS) is 12.7. The Balaban J connectivity index is 4.30. The third kappa shape index (κ3) is 7.33. The van der Waals surface area contributed by atoms with E-state index in [4.69, 9.17) is 5.11 Å². The van der Waals surface area contributed by atoms with Crippen LogP contribution >= 0.6 is 0 Å². The largest absolute Gasteiger partial charge is 0.481 e. The average Bonchev–Trinajstić information content (AvgIpc) is 1.98. The van der Waals surface area contributed by atoms with Crippen LogP contribution in [0, 0.1) is 0 Å². The molecule has 0 aliphatic rings. The van der Waals surface area contributed by atoms with E-state index < -0.39 is 21.5 Å². The number of carboxylic acid groups (broad SMARTS) is 1.